The number of fused-ring (bicyclic) bond motifs is 1. The number of pyridine rings is 2. The van der Waals surface area contributed by atoms with Gasteiger partial charge < -0.3 is 20.4 Å². The van der Waals surface area contributed by atoms with Gasteiger partial charge in [0.15, 0.2) is 17.0 Å². The lowest BCUT2D eigenvalue weighted by molar-refractivity contribution is 0.117. The molecule has 0 atom stereocenters. The fourth-order valence-corrected chi connectivity index (χ4v) is 4.74. The second-order valence-electron chi connectivity index (χ2n) is 8.23. The second-order valence-corrected chi connectivity index (χ2v) is 8.23. The summed E-state index contributed by atoms with van der Waals surface area (Å²) in [5.74, 6) is -0.217. The van der Waals surface area contributed by atoms with E-state index in [4.69, 9.17) is 10.5 Å². The smallest absolute Gasteiger partial charge is 0.191 e. The first kappa shape index (κ1) is 18.9. The Bertz CT molecular complexity index is 1160. The molecule has 1 aliphatic carbocycles. The lowest BCUT2D eigenvalue weighted by atomic mass is 9.74. The summed E-state index contributed by atoms with van der Waals surface area (Å²) in [4.78, 5) is 16.9. The van der Waals surface area contributed by atoms with E-state index < -0.39 is 5.82 Å². The number of anilines is 2. The van der Waals surface area contributed by atoms with Crippen LogP contribution in [0.15, 0.2) is 41.5 Å². The number of aromatic nitrogens is 2. The van der Waals surface area contributed by atoms with Gasteiger partial charge in [-0.1, -0.05) is 6.07 Å². The van der Waals surface area contributed by atoms with E-state index >= 15 is 4.39 Å². The molecule has 30 heavy (non-hydrogen) atoms. The summed E-state index contributed by atoms with van der Waals surface area (Å²) in [6.45, 7) is 1.02. The van der Waals surface area contributed by atoms with E-state index in [0.29, 0.717) is 24.4 Å². The van der Waals surface area contributed by atoms with Crippen LogP contribution in [0.1, 0.15) is 37.8 Å². The molecule has 7 heteroatoms. The first-order valence-electron chi connectivity index (χ1n) is 10.5. The maximum Gasteiger partial charge on any atom is 0.191 e. The van der Waals surface area contributed by atoms with Crippen molar-refractivity contribution >= 4 is 22.3 Å². The normalized spacial score (nSPS) is 16.7. The molecule has 3 heterocycles. The molecule has 3 aromatic rings. The molecule has 0 unspecified atom stereocenters. The zero-order valence-corrected chi connectivity index (χ0v) is 16.8. The number of benzene rings is 1. The summed E-state index contributed by atoms with van der Waals surface area (Å²) in [5.41, 5.74) is 7.53. The van der Waals surface area contributed by atoms with Crippen molar-refractivity contribution in [2.75, 3.05) is 24.2 Å². The Balaban J connectivity index is 1.54. The van der Waals surface area contributed by atoms with Crippen molar-refractivity contribution in [1.29, 1.82) is 0 Å². The maximum absolute atomic E-state index is 15.3. The third-order valence-corrected chi connectivity index (χ3v) is 6.51. The molecular formula is C23H25FN4O2. The third kappa shape index (κ3) is 2.91. The van der Waals surface area contributed by atoms with Gasteiger partial charge in [-0.2, -0.15) is 0 Å². The topological polar surface area (TPSA) is 82.2 Å². The van der Waals surface area contributed by atoms with Crippen LogP contribution in [0.2, 0.25) is 0 Å². The van der Waals surface area contributed by atoms with Gasteiger partial charge in [-0.25, -0.2) is 4.39 Å². The quantitative estimate of drug-likeness (QED) is 0.495. The van der Waals surface area contributed by atoms with E-state index in [1.165, 1.54) is 6.07 Å². The summed E-state index contributed by atoms with van der Waals surface area (Å²) in [7, 11) is 0. The minimum absolute atomic E-state index is 0.0717. The molecule has 2 aromatic heterocycles. The van der Waals surface area contributed by atoms with Crippen molar-refractivity contribution in [3.05, 3.63) is 58.4 Å². The van der Waals surface area contributed by atoms with Crippen molar-refractivity contribution in [2.24, 2.45) is 0 Å². The van der Waals surface area contributed by atoms with Crippen LogP contribution in [0.3, 0.4) is 0 Å². The summed E-state index contributed by atoms with van der Waals surface area (Å²) in [5, 5.41) is 3.40. The number of nitrogen functional groups attached to an aromatic ring is 1. The van der Waals surface area contributed by atoms with E-state index in [0.717, 1.165) is 44.2 Å². The van der Waals surface area contributed by atoms with Crippen molar-refractivity contribution in [2.45, 2.75) is 44.1 Å². The number of hydrogen-bond acceptors (Lipinski definition) is 5. The highest BCUT2D eigenvalue weighted by Crippen LogP contribution is 2.49. The van der Waals surface area contributed by atoms with E-state index in [1.807, 2.05) is 24.4 Å². The Labute approximate surface area is 173 Å². The van der Waals surface area contributed by atoms with E-state index in [-0.39, 0.29) is 27.7 Å². The lowest BCUT2D eigenvalue weighted by Crippen LogP contribution is -2.41. The molecule has 0 saturated heterocycles. The fraction of sp³-hybridized carbons (Fsp3) is 0.391. The van der Waals surface area contributed by atoms with Crippen molar-refractivity contribution in [1.82, 2.24) is 9.55 Å². The Hall–Kier alpha value is -3.09. The number of halogens is 1. The summed E-state index contributed by atoms with van der Waals surface area (Å²) in [6, 6.07) is 7.31. The Kier molecular flexibility index (Phi) is 4.60. The molecule has 1 aliphatic heterocycles. The maximum atomic E-state index is 15.3. The molecule has 156 valence electrons. The molecule has 1 fully saturated rings. The molecule has 0 radical (unpaired) electrons. The first-order valence-corrected chi connectivity index (χ1v) is 10.5. The van der Waals surface area contributed by atoms with Gasteiger partial charge in [0.1, 0.15) is 5.69 Å². The molecule has 6 nitrogen and oxygen atoms in total. The largest absolute Gasteiger partial charge is 0.489 e. The van der Waals surface area contributed by atoms with Crippen molar-refractivity contribution < 1.29 is 9.13 Å². The molecular weight excluding hydrogens is 383 g/mol. The second kappa shape index (κ2) is 7.31. The monoisotopic (exact) mass is 408 g/mol. The van der Waals surface area contributed by atoms with Crippen molar-refractivity contribution in [3.63, 3.8) is 0 Å². The van der Waals surface area contributed by atoms with E-state index in [9.17, 15) is 4.79 Å². The van der Waals surface area contributed by atoms with Crippen LogP contribution in [0, 0.1) is 5.82 Å². The minimum Gasteiger partial charge on any atom is -0.489 e. The molecule has 2 aliphatic rings. The van der Waals surface area contributed by atoms with Gasteiger partial charge in [0.2, 0.25) is 0 Å². The Morgan fingerprint density at radius 1 is 1.27 bits per heavy atom. The standard InChI is InChI=1S/C23H25FN4O2/c24-18-19(25)17-16(29)7-13-28-21(17)22(30-14-10-23(28)8-4-9-23)20(18)27-12-3-6-15-5-1-2-11-26-15/h1-2,5,7,11,13,27H,3-4,6,8-10,12,14,25H2. The predicted molar refractivity (Wildman–Crippen MR) is 116 cm³/mol. The zero-order chi connectivity index (χ0) is 20.7. The molecule has 1 saturated carbocycles. The highest BCUT2D eigenvalue weighted by molar-refractivity contribution is 6.00. The number of nitrogens with two attached hydrogens (primary N) is 1. The van der Waals surface area contributed by atoms with Crippen LogP contribution in [0.5, 0.6) is 5.75 Å². The number of rotatable bonds is 5. The van der Waals surface area contributed by atoms with E-state index in [1.54, 1.807) is 6.20 Å². The van der Waals surface area contributed by atoms with Crippen LogP contribution in [0.25, 0.3) is 10.9 Å². The lowest BCUT2D eigenvalue weighted by Gasteiger charge is -2.43. The number of nitrogens with one attached hydrogen (secondary N) is 1. The zero-order valence-electron chi connectivity index (χ0n) is 16.8. The summed E-state index contributed by atoms with van der Waals surface area (Å²) < 4.78 is 23.4. The van der Waals surface area contributed by atoms with Gasteiger partial charge in [-0.3, -0.25) is 9.78 Å². The van der Waals surface area contributed by atoms with Crippen LogP contribution < -0.4 is 21.2 Å². The number of hydrogen-bond donors (Lipinski definition) is 2. The fourth-order valence-electron chi connectivity index (χ4n) is 4.74. The van der Waals surface area contributed by atoms with Gasteiger partial charge in [-0.05, 0) is 44.2 Å². The SMILES string of the molecule is Nc1c(F)c(NCCCc2ccccn2)c2c3c1c(=O)ccn3C1(CCC1)CCO2. The van der Waals surface area contributed by atoms with Crippen LogP contribution in [0.4, 0.5) is 15.8 Å². The molecule has 1 spiro atoms. The first-order chi connectivity index (χ1) is 14.6. The summed E-state index contributed by atoms with van der Waals surface area (Å²) in [6.07, 6.45) is 9.17. The molecule has 0 amide bonds. The average molecular weight is 408 g/mol. The number of aryl methyl sites for hydroxylation is 1. The van der Waals surface area contributed by atoms with E-state index in [2.05, 4.69) is 14.9 Å². The Morgan fingerprint density at radius 3 is 2.87 bits per heavy atom. The van der Waals surface area contributed by atoms with Gasteiger partial charge in [0, 0.05) is 42.7 Å². The highest BCUT2D eigenvalue weighted by atomic mass is 19.1. The molecule has 5 rings (SSSR count). The van der Waals surface area contributed by atoms with Gasteiger partial charge >= 0.3 is 0 Å². The van der Waals surface area contributed by atoms with Gasteiger partial charge in [0.05, 0.1) is 23.2 Å². The third-order valence-electron chi connectivity index (χ3n) is 6.51. The highest BCUT2D eigenvalue weighted by Gasteiger charge is 2.42. The number of ether oxygens (including phenoxy) is 1. The average Bonchev–Trinajstić information content (AvgIpc) is 2.90. The van der Waals surface area contributed by atoms with Crippen LogP contribution in [-0.2, 0) is 12.0 Å². The number of nitrogens with zero attached hydrogens (tertiary/aromatic N) is 2. The summed E-state index contributed by atoms with van der Waals surface area (Å²) >= 11 is 0. The Morgan fingerprint density at radius 2 is 2.13 bits per heavy atom. The predicted octanol–water partition coefficient (Wildman–Crippen LogP) is 3.82. The van der Waals surface area contributed by atoms with Crippen LogP contribution in [-0.4, -0.2) is 22.7 Å². The van der Waals surface area contributed by atoms with Crippen LogP contribution >= 0.6 is 0 Å². The van der Waals surface area contributed by atoms with Gasteiger partial charge in [0.25, 0.3) is 0 Å². The molecule has 1 aromatic carbocycles. The molecule has 3 N–H and O–H groups in total. The van der Waals surface area contributed by atoms with Gasteiger partial charge in [-0.15, -0.1) is 0 Å². The minimum atomic E-state index is -0.616. The molecule has 0 bridgehead atoms. The van der Waals surface area contributed by atoms with Crippen molar-refractivity contribution in [3.8, 4) is 5.75 Å².